The van der Waals surface area contributed by atoms with Crippen LogP contribution < -0.4 is 15.0 Å². The van der Waals surface area contributed by atoms with Gasteiger partial charge in [-0.25, -0.2) is 9.37 Å². The molecule has 1 aromatic carbocycles. The molecule has 2 aromatic rings. The molecule has 0 unspecified atom stereocenters. The molecule has 0 saturated carbocycles. The number of carbonyl (C=O) groups excluding carboxylic acids is 1. The van der Waals surface area contributed by atoms with Gasteiger partial charge in [-0.05, 0) is 49.6 Å². The van der Waals surface area contributed by atoms with Crippen LogP contribution in [0.4, 0.5) is 10.1 Å². The Balaban J connectivity index is 1.41. The molecule has 5 rings (SSSR count). The minimum absolute atomic E-state index is 0.0444. The van der Waals surface area contributed by atoms with Gasteiger partial charge in [0.1, 0.15) is 18.1 Å². The molecular formula is C30H42FN5O5. The summed E-state index contributed by atoms with van der Waals surface area (Å²) in [5, 5.41) is 13.7. The number of amides is 1. The number of aliphatic hydroxyl groups excluding tert-OH is 1. The molecule has 1 aromatic heterocycles. The quantitative estimate of drug-likeness (QED) is 0.463. The smallest absolute Gasteiger partial charge is 0.241 e. The predicted molar refractivity (Wildman–Crippen MR) is 153 cm³/mol. The second-order valence-electron chi connectivity index (χ2n) is 11.4. The number of aromatic nitrogens is 1. The van der Waals surface area contributed by atoms with Crippen LogP contribution in [0.5, 0.6) is 5.88 Å². The molecule has 10 nitrogen and oxygen atoms in total. The lowest BCUT2D eigenvalue weighted by molar-refractivity contribution is -0.122. The van der Waals surface area contributed by atoms with Crippen LogP contribution in [0, 0.1) is 5.82 Å². The number of hydrogen-bond acceptors (Lipinski definition) is 9. The van der Waals surface area contributed by atoms with Gasteiger partial charge in [0.2, 0.25) is 11.8 Å². The second kappa shape index (κ2) is 13.5. The molecule has 1 amide bonds. The largest absolute Gasteiger partial charge is 0.474 e. The Morgan fingerprint density at radius 3 is 2.73 bits per heavy atom. The first-order valence-corrected chi connectivity index (χ1v) is 14.5. The Kier molecular flexibility index (Phi) is 9.84. The van der Waals surface area contributed by atoms with Crippen LogP contribution in [0.2, 0.25) is 0 Å². The van der Waals surface area contributed by atoms with Crippen LogP contribution in [-0.4, -0.2) is 116 Å². The zero-order valence-electron chi connectivity index (χ0n) is 24.2. The number of pyridine rings is 1. The summed E-state index contributed by atoms with van der Waals surface area (Å²) < 4.78 is 30.6. The Bertz CT molecular complexity index is 1180. The highest BCUT2D eigenvalue weighted by atomic mass is 19.1. The number of halogens is 1. The number of fused-ring (bicyclic) bond motifs is 1. The molecule has 4 atom stereocenters. The second-order valence-corrected chi connectivity index (χ2v) is 11.4. The molecule has 4 heterocycles. The van der Waals surface area contributed by atoms with E-state index in [1.54, 1.807) is 24.1 Å². The van der Waals surface area contributed by atoms with Crippen molar-refractivity contribution in [2.75, 3.05) is 71.2 Å². The summed E-state index contributed by atoms with van der Waals surface area (Å²) in [5.41, 5.74) is 2.67. The number of anilines is 1. The molecule has 41 heavy (non-hydrogen) atoms. The third-order valence-corrected chi connectivity index (χ3v) is 8.28. The Labute approximate surface area is 241 Å². The van der Waals surface area contributed by atoms with Gasteiger partial charge in [0.05, 0.1) is 44.7 Å². The van der Waals surface area contributed by atoms with Crippen LogP contribution in [0.3, 0.4) is 0 Å². The lowest BCUT2D eigenvalue weighted by atomic mass is 10.0. The van der Waals surface area contributed by atoms with E-state index >= 15 is 0 Å². The summed E-state index contributed by atoms with van der Waals surface area (Å²) in [7, 11) is 1.61. The average molecular weight is 572 g/mol. The molecule has 3 aliphatic heterocycles. The highest BCUT2D eigenvalue weighted by Gasteiger charge is 2.37. The standard InChI is InChI=1S/C30H42FN5O5/c1-20-13-35(25(12-32-20)14-34-8-9-40-17-21(34)2)15-29(38)36-26(18-39-3)19-41-30-28(36)11-23(27(16-37)33-30)10-22-4-6-24(31)7-5-22/h4-7,11,20-21,25-26,32,37H,8-10,12-19H2,1-3H3/t20-,21-,25-,26+/m1/s1. The minimum atomic E-state index is -0.321. The number of carbonyl (C=O) groups is 1. The number of piperazine rings is 1. The van der Waals surface area contributed by atoms with Gasteiger partial charge in [-0.3, -0.25) is 19.5 Å². The Morgan fingerprint density at radius 2 is 2.00 bits per heavy atom. The number of nitrogens with zero attached hydrogens (tertiary/aromatic N) is 4. The van der Waals surface area contributed by atoms with Crippen molar-refractivity contribution in [3.63, 3.8) is 0 Å². The fourth-order valence-electron chi connectivity index (χ4n) is 6.01. The summed E-state index contributed by atoms with van der Waals surface area (Å²) in [4.78, 5) is 25.3. The number of nitrogens with one attached hydrogen (secondary N) is 1. The van der Waals surface area contributed by atoms with Gasteiger partial charge in [-0.1, -0.05) is 12.1 Å². The maximum absolute atomic E-state index is 14.2. The molecule has 224 valence electrons. The van der Waals surface area contributed by atoms with Crippen LogP contribution in [-0.2, 0) is 27.3 Å². The van der Waals surface area contributed by atoms with Crippen molar-refractivity contribution < 1.29 is 28.5 Å². The number of rotatable bonds is 9. The van der Waals surface area contributed by atoms with Crippen molar-refractivity contribution in [2.45, 2.75) is 51.0 Å². The van der Waals surface area contributed by atoms with E-state index in [1.165, 1.54) is 12.1 Å². The van der Waals surface area contributed by atoms with Crippen LogP contribution in [0.25, 0.3) is 0 Å². The number of hydrogen-bond donors (Lipinski definition) is 2. The summed E-state index contributed by atoms with van der Waals surface area (Å²) in [5.74, 6) is -0.0297. The highest BCUT2D eigenvalue weighted by molar-refractivity contribution is 5.97. The Hall–Kier alpha value is -2.67. The molecule has 0 bridgehead atoms. The monoisotopic (exact) mass is 571 g/mol. The van der Waals surface area contributed by atoms with Gasteiger partial charge >= 0.3 is 0 Å². The van der Waals surface area contributed by atoms with E-state index < -0.39 is 0 Å². The first-order valence-electron chi connectivity index (χ1n) is 14.5. The van der Waals surface area contributed by atoms with Crippen LogP contribution >= 0.6 is 0 Å². The Morgan fingerprint density at radius 1 is 1.20 bits per heavy atom. The zero-order valence-corrected chi connectivity index (χ0v) is 24.2. The lowest BCUT2D eigenvalue weighted by Gasteiger charge is -2.44. The number of ether oxygens (including phenoxy) is 3. The van der Waals surface area contributed by atoms with Gasteiger partial charge in [0, 0.05) is 51.4 Å². The molecule has 0 spiro atoms. The van der Waals surface area contributed by atoms with E-state index in [4.69, 9.17) is 14.2 Å². The fourth-order valence-corrected chi connectivity index (χ4v) is 6.01. The van der Waals surface area contributed by atoms with Crippen molar-refractivity contribution in [2.24, 2.45) is 0 Å². The predicted octanol–water partition coefficient (Wildman–Crippen LogP) is 1.43. The molecule has 2 fully saturated rings. The minimum Gasteiger partial charge on any atom is -0.474 e. The van der Waals surface area contributed by atoms with Gasteiger partial charge < -0.3 is 24.6 Å². The maximum Gasteiger partial charge on any atom is 0.241 e. The molecule has 3 aliphatic rings. The molecule has 2 saturated heterocycles. The van der Waals surface area contributed by atoms with E-state index in [2.05, 4.69) is 33.9 Å². The van der Waals surface area contributed by atoms with Crippen LogP contribution in [0.1, 0.15) is 30.7 Å². The van der Waals surface area contributed by atoms with Gasteiger partial charge in [0.15, 0.2) is 0 Å². The van der Waals surface area contributed by atoms with Crippen molar-refractivity contribution in [3.8, 4) is 5.88 Å². The first kappa shape index (κ1) is 29.8. The highest BCUT2D eigenvalue weighted by Crippen LogP contribution is 2.35. The van der Waals surface area contributed by atoms with E-state index in [-0.39, 0.29) is 49.6 Å². The third kappa shape index (κ3) is 7.04. The molecule has 11 heteroatoms. The zero-order chi connectivity index (χ0) is 28.9. The average Bonchev–Trinajstić information content (AvgIpc) is 2.96. The topological polar surface area (TPSA) is 99.6 Å². The fraction of sp³-hybridized carbons (Fsp3) is 0.600. The molecule has 2 N–H and O–H groups in total. The maximum atomic E-state index is 14.2. The SMILES string of the molecule is COC[C@H]1COc2nc(CO)c(Cc3ccc(F)cc3)cc2N1C(=O)CN1C[C@@H](C)NC[C@@H]1CN1CCOC[C@H]1C. The van der Waals surface area contributed by atoms with Gasteiger partial charge in [0.25, 0.3) is 0 Å². The molecule has 0 radical (unpaired) electrons. The van der Waals surface area contributed by atoms with Crippen molar-refractivity contribution in [3.05, 3.63) is 53.0 Å². The number of aliphatic hydroxyl groups is 1. The summed E-state index contributed by atoms with van der Waals surface area (Å²) in [6, 6.07) is 8.59. The number of morpholine rings is 1. The van der Waals surface area contributed by atoms with Gasteiger partial charge in [-0.15, -0.1) is 0 Å². The van der Waals surface area contributed by atoms with Crippen molar-refractivity contribution in [1.29, 1.82) is 0 Å². The summed E-state index contributed by atoms with van der Waals surface area (Å²) in [6.07, 6.45) is 0.433. The van der Waals surface area contributed by atoms with E-state index in [0.717, 1.165) is 50.5 Å². The summed E-state index contributed by atoms with van der Waals surface area (Å²) >= 11 is 0. The van der Waals surface area contributed by atoms with E-state index in [1.807, 2.05) is 6.07 Å². The van der Waals surface area contributed by atoms with E-state index in [0.29, 0.717) is 36.3 Å². The number of benzene rings is 1. The first-order chi connectivity index (χ1) is 19.9. The van der Waals surface area contributed by atoms with Gasteiger partial charge in [-0.2, -0.15) is 0 Å². The molecular weight excluding hydrogens is 529 g/mol. The lowest BCUT2D eigenvalue weighted by Crippen LogP contribution is -2.63. The van der Waals surface area contributed by atoms with Crippen molar-refractivity contribution >= 4 is 11.6 Å². The summed E-state index contributed by atoms with van der Waals surface area (Å²) in [6.45, 7) is 9.64. The van der Waals surface area contributed by atoms with E-state index in [9.17, 15) is 14.3 Å². The van der Waals surface area contributed by atoms with Crippen molar-refractivity contribution in [1.82, 2.24) is 20.1 Å². The van der Waals surface area contributed by atoms with Crippen LogP contribution in [0.15, 0.2) is 30.3 Å². The number of methoxy groups -OCH3 is 1. The molecule has 0 aliphatic carbocycles. The normalized spacial score (nSPS) is 25.5. The third-order valence-electron chi connectivity index (χ3n) is 8.28.